The van der Waals surface area contributed by atoms with Crippen molar-refractivity contribution in [3.8, 4) is 0 Å². The summed E-state index contributed by atoms with van der Waals surface area (Å²) in [7, 11) is 0. The summed E-state index contributed by atoms with van der Waals surface area (Å²) < 4.78 is 4.81. The van der Waals surface area contributed by atoms with Gasteiger partial charge in [0.05, 0.1) is 6.61 Å². The maximum Gasteiger partial charge on any atom is 0.324 e. The van der Waals surface area contributed by atoms with E-state index in [2.05, 4.69) is 0 Å². The minimum Gasteiger partial charge on any atom is -0.480 e. The van der Waals surface area contributed by atoms with E-state index in [1.165, 1.54) is 0 Å². The quantitative estimate of drug-likeness (QED) is 0.437. The first-order chi connectivity index (χ1) is 7.00. The summed E-state index contributed by atoms with van der Waals surface area (Å²) in [4.78, 5) is 22.7. The third-order valence-electron chi connectivity index (χ3n) is 2.99. The summed E-state index contributed by atoms with van der Waals surface area (Å²) in [5.74, 6) is -1.88. The third kappa shape index (κ3) is 1.76. The van der Waals surface area contributed by atoms with Crippen LogP contribution in [0, 0.1) is 11.3 Å². The summed E-state index contributed by atoms with van der Waals surface area (Å²) in [6, 6.07) is 0. The Bertz CT molecular complexity index is 319. The van der Waals surface area contributed by atoms with Crippen molar-refractivity contribution in [1.82, 2.24) is 0 Å². The van der Waals surface area contributed by atoms with Gasteiger partial charge in [-0.05, 0) is 27.2 Å². The van der Waals surface area contributed by atoms with Crippen LogP contribution in [-0.4, -0.2) is 23.7 Å². The van der Waals surface area contributed by atoms with Crippen LogP contribution in [0.3, 0.4) is 0 Å². The number of hydrogen-bond donors (Lipinski definition) is 1. The fourth-order valence-electron chi connectivity index (χ4n) is 1.82. The van der Waals surface area contributed by atoms with E-state index in [1.54, 1.807) is 6.92 Å². The first-order valence-electron chi connectivity index (χ1n) is 5.04. The van der Waals surface area contributed by atoms with E-state index in [0.29, 0.717) is 6.42 Å². The SMILES string of the molecule is CC=C(C)C1CC1(C(=O)O)C(=O)OCC. The molecule has 1 rings (SSSR count). The lowest BCUT2D eigenvalue weighted by atomic mass is 10.00. The molecule has 0 saturated heterocycles. The second-order valence-corrected chi connectivity index (χ2v) is 3.79. The third-order valence-corrected chi connectivity index (χ3v) is 2.99. The van der Waals surface area contributed by atoms with Gasteiger partial charge in [-0.25, -0.2) is 0 Å². The molecule has 4 nitrogen and oxygen atoms in total. The van der Waals surface area contributed by atoms with Gasteiger partial charge >= 0.3 is 11.9 Å². The Morgan fingerprint density at radius 3 is 2.60 bits per heavy atom. The molecule has 2 unspecified atom stereocenters. The Hall–Kier alpha value is -1.32. The monoisotopic (exact) mass is 212 g/mol. The van der Waals surface area contributed by atoms with Crippen molar-refractivity contribution in [1.29, 1.82) is 0 Å². The second kappa shape index (κ2) is 4.04. The minimum absolute atomic E-state index is 0.195. The number of rotatable bonds is 4. The van der Waals surface area contributed by atoms with Crippen LogP contribution in [0.1, 0.15) is 27.2 Å². The van der Waals surface area contributed by atoms with Crippen molar-refractivity contribution in [2.45, 2.75) is 27.2 Å². The van der Waals surface area contributed by atoms with Crippen molar-refractivity contribution in [3.05, 3.63) is 11.6 Å². The predicted octanol–water partition coefficient (Wildman–Crippen LogP) is 1.61. The van der Waals surface area contributed by atoms with Crippen LogP contribution < -0.4 is 0 Å². The fourth-order valence-corrected chi connectivity index (χ4v) is 1.82. The average Bonchev–Trinajstić information content (AvgIpc) is 2.93. The zero-order chi connectivity index (χ0) is 11.6. The van der Waals surface area contributed by atoms with Gasteiger partial charge in [-0.3, -0.25) is 9.59 Å². The summed E-state index contributed by atoms with van der Waals surface area (Å²) in [6.45, 7) is 5.57. The summed E-state index contributed by atoms with van der Waals surface area (Å²) >= 11 is 0. The zero-order valence-corrected chi connectivity index (χ0v) is 9.24. The second-order valence-electron chi connectivity index (χ2n) is 3.79. The van der Waals surface area contributed by atoms with Gasteiger partial charge in [0.25, 0.3) is 0 Å². The maximum absolute atomic E-state index is 11.6. The number of hydrogen-bond acceptors (Lipinski definition) is 3. The predicted molar refractivity (Wildman–Crippen MR) is 54.2 cm³/mol. The van der Waals surface area contributed by atoms with Crippen LogP contribution in [-0.2, 0) is 14.3 Å². The van der Waals surface area contributed by atoms with E-state index in [9.17, 15) is 9.59 Å². The number of esters is 1. The summed E-state index contributed by atoms with van der Waals surface area (Å²) in [6.07, 6.45) is 2.20. The molecule has 0 aromatic carbocycles. The van der Waals surface area contributed by atoms with Crippen LogP contribution in [0.25, 0.3) is 0 Å². The van der Waals surface area contributed by atoms with Gasteiger partial charge in [0.15, 0.2) is 5.41 Å². The van der Waals surface area contributed by atoms with Gasteiger partial charge in [0.2, 0.25) is 0 Å². The van der Waals surface area contributed by atoms with Gasteiger partial charge in [-0.1, -0.05) is 11.6 Å². The molecule has 4 heteroatoms. The number of carbonyl (C=O) groups excluding carboxylic acids is 1. The lowest BCUT2D eigenvalue weighted by molar-refractivity contribution is -0.161. The molecular formula is C11H16O4. The highest BCUT2D eigenvalue weighted by Gasteiger charge is 2.67. The number of carboxylic acids is 1. The summed E-state index contributed by atoms with van der Waals surface area (Å²) in [5, 5.41) is 9.09. The molecule has 15 heavy (non-hydrogen) atoms. The van der Waals surface area contributed by atoms with Crippen LogP contribution in [0.5, 0.6) is 0 Å². The molecule has 2 atom stereocenters. The molecule has 0 heterocycles. The van der Waals surface area contributed by atoms with Gasteiger partial charge in [0.1, 0.15) is 0 Å². The smallest absolute Gasteiger partial charge is 0.324 e. The largest absolute Gasteiger partial charge is 0.480 e. The Morgan fingerprint density at radius 2 is 2.20 bits per heavy atom. The molecular weight excluding hydrogens is 196 g/mol. The van der Waals surface area contributed by atoms with E-state index < -0.39 is 17.4 Å². The van der Waals surface area contributed by atoms with E-state index in [1.807, 2.05) is 19.9 Å². The topological polar surface area (TPSA) is 63.6 Å². The highest BCUT2D eigenvalue weighted by Crippen LogP contribution is 2.57. The Kier molecular flexibility index (Phi) is 3.17. The molecule has 1 saturated carbocycles. The zero-order valence-electron chi connectivity index (χ0n) is 9.24. The Balaban J connectivity index is 2.87. The normalized spacial score (nSPS) is 29.8. The molecule has 0 bridgehead atoms. The Labute approximate surface area is 88.9 Å². The highest BCUT2D eigenvalue weighted by molar-refractivity contribution is 6.03. The molecule has 1 aliphatic rings. The van der Waals surface area contributed by atoms with Crippen LogP contribution >= 0.6 is 0 Å². The molecule has 1 aliphatic carbocycles. The van der Waals surface area contributed by atoms with E-state index in [-0.39, 0.29) is 12.5 Å². The van der Waals surface area contributed by atoms with E-state index >= 15 is 0 Å². The first-order valence-corrected chi connectivity index (χ1v) is 5.04. The van der Waals surface area contributed by atoms with Gasteiger partial charge in [-0.2, -0.15) is 0 Å². The van der Waals surface area contributed by atoms with Crippen LogP contribution in [0.15, 0.2) is 11.6 Å². The number of carbonyl (C=O) groups is 2. The number of ether oxygens (including phenoxy) is 1. The molecule has 1 N–H and O–H groups in total. The lowest BCUT2D eigenvalue weighted by Gasteiger charge is -2.11. The molecule has 1 fully saturated rings. The van der Waals surface area contributed by atoms with E-state index in [4.69, 9.17) is 9.84 Å². The number of aliphatic carboxylic acids is 1. The molecule has 84 valence electrons. The van der Waals surface area contributed by atoms with Crippen molar-refractivity contribution >= 4 is 11.9 Å². The summed E-state index contributed by atoms with van der Waals surface area (Å²) in [5.41, 5.74) is -0.377. The first kappa shape index (κ1) is 11.8. The van der Waals surface area contributed by atoms with Gasteiger partial charge in [-0.15, -0.1) is 0 Å². The van der Waals surface area contributed by atoms with Crippen LogP contribution in [0.2, 0.25) is 0 Å². The lowest BCUT2D eigenvalue weighted by Crippen LogP contribution is -2.30. The average molecular weight is 212 g/mol. The fraction of sp³-hybridized carbons (Fsp3) is 0.636. The number of allylic oxidation sites excluding steroid dienone is 2. The number of carboxylic acid groups (broad SMARTS) is 1. The molecule has 0 amide bonds. The standard InChI is InChI=1S/C11H16O4/c1-4-7(3)8-6-11(8,9(12)13)10(14)15-5-2/h4,8H,5-6H2,1-3H3,(H,12,13). The Morgan fingerprint density at radius 1 is 1.60 bits per heavy atom. The van der Waals surface area contributed by atoms with Crippen molar-refractivity contribution < 1.29 is 19.4 Å². The van der Waals surface area contributed by atoms with Gasteiger partial charge in [0, 0.05) is 5.92 Å². The van der Waals surface area contributed by atoms with E-state index in [0.717, 1.165) is 5.57 Å². The molecule has 0 aliphatic heterocycles. The molecule has 0 aromatic heterocycles. The van der Waals surface area contributed by atoms with Crippen molar-refractivity contribution in [2.24, 2.45) is 11.3 Å². The maximum atomic E-state index is 11.6. The van der Waals surface area contributed by atoms with Crippen molar-refractivity contribution in [3.63, 3.8) is 0 Å². The van der Waals surface area contributed by atoms with Crippen molar-refractivity contribution in [2.75, 3.05) is 6.61 Å². The molecule has 0 aromatic rings. The van der Waals surface area contributed by atoms with Gasteiger partial charge < -0.3 is 9.84 Å². The minimum atomic E-state index is -1.31. The molecule has 0 radical (unpaired) electrons. The van der Waals surface area contributed by atoms with Crippen LogP contribution in [0.4, 0.5) is 0 Å². The highest BCUT2D eigenvalue weighted by atomic mass is 16.5. The molecule has 0 spiro atoms.